The summed E-state index contributed by atoms with van der Waals surface area (Å²) in [5.41, 5.74) is 1.29. The van der Waals surface area contributed by atoms with Crippen molar-refractivity contribution < 1.29 is 13.0 Å². The average Bonchev–Trinajstić information content (AvgIpc) is 2.61. The van der Waals surface area contributed by atoms with Gasteiger partial charge in [0, 0.05) is 0 Å². The quantitative estimate of drug-likeness (QED) is 0.562. The minimum atomic E-state index is -3.79. The van der Waals surface area contributed by atoms with E-state index >= 15 is 0 Å². The van der Waals surface area contributed by atoms with E-state index in [1.165, 1.54) is 5.56 Å². The molecule has 0 bridgehead atoms. The maximum absolute atomic E-state index is 10.4. The zero-order chi connectivity index (χ0) is 11.1. The predicted octanol–water partition coefficient (Wildman–Crippen LogP) is 1.16. The van der Waals surface area contributed by atoms with E-state index in [0.29, 0.717) is 13.0 Å². The van der Waals surface area contributed by atoms with Crippen molar-refractivity contribution in [1.82, 2.24) is 5.32 Å². The third kappa shape index (κ3) is 6.62. The van der Waals surface area contributed by atoms with Crippen molar-refractivity contribution in [2.75, 3.05) is 18.8 Å². The first-order valence-corrected chi connectivity index (χ1v) is 7.30. The van der Waals surface area contributed by atoms with Crippen molar-refractivity contribution in [3.8, 4) is 0 Å². The van der Waals surface area contributed by atoms with Crippen LogP contribution in [0.15, 0.2) is 16.8 Å². The number of thiophene rings is 1. The molecule has 0 atom stereocenters. The molecule has 0 spiro atoms. The molecule has 0 unspecified atom stereocenters. The molecule has 1 heterocycles. The van der Waals surface area contributed by atoms with Gasteiger partial charge in [-0.1, -0.05) is 0 Å². The fourth-order valence-corrected chi connectivity index (χ4v) is 2.38. The van der Waals surface area contributed by atoms with Crippen LogP contribution in [0.4, 0.5) is 0 Å². The molecule has 0 aliphatic heterocycles. The van der Waals surface area contributed by atoms with Gasteiger partial charge in [0.25, 0.3) is 10.1 Å². The van der Waals surface area contributed by atoms with E-state index in [-0.39, 0.29) is 5.75 Å². The Hall–Kier alpha value is -0.430. The van der Waals surface area contributed by atoms with E-state index in [9.17, 15) is 8.42 Å². The largest absolute Gasteiger partial charge is 0.316 e. The highest BCUT2D eigenvalue weighted by atomic mass is 32.2. The van der Waals surface area contributed by atoms with E-state index in [1.807, 2.05) is 5.38 Å². The smallest absolute Gasteiger partial charge is 0.264 e. The summed E-state index contributed by atoms with van der Waals surface area (Å²) in [5.74, 6) is -0.168. The lowest BCUT2D eigenvalue weighted by atomic mass is 10.2. The van der Waals surface area contributed by atoms with Crippen molar-refractivity contribution >= 4 is 21.5 Å². The second-order valence-electron chi connectivity index (χ2n) is 3.27. The Morgan fingerprint density at radius 2 is 2.20 bits per heavy atom. The molecule has 0 amide bonds. The first-order chi connectivity index (χ1) is 7.08. The number of nitrogens with one attached hydrogen (secondary N) is 1. The zero-order valence-electron chi connectivity index (χ0n) is 8.35. The number of hydrogen-bond acceptors (Lipinski definition) is 4. The summed E-state index contributed by atoms with van der Waals surface area (Å²) < 4.78 is 29.2. The normalized spacial score (nSPS) is 11.8. The van der Waals surface area contributed by atoms with Crippen LogP contribution in [0.1, 0.15) is 12.0 Å². The molecule has 4 nitrogen and oxygen atoms in total. The van der Waals surface area contributed by atoms with Gasteiger partial charge in [-0.25, -0.2) is 0 Å². The summed E-state index contributed by atoms with van der Waals surface area (Å²) in [6, 6.07) is 2.07. The van der Waals surface area contributed by atoms with E-state index in [4.69, 9.17) is 4.55 Å². The molecule has 0 aliphatic carbocycles. The fourth-order valence-electron chi connectivity index (χ4n) is 1.17. The SMILES string of the molecule is O=S(=O)(O)CCCNCCc1ccsc1. The van der Waals surface area contributed by atoms with Crippen LogP contribution in [0, 0.1) is 0 Å². The van der Waals surface area contributed by atoms with Gasteiger partial charge in [-0.2, -0.15) is 19.8 Å². The van der Waals surface area contributed by atoms with Gasteiger partial charge in [0.1, 0.15) is 0 Å². The molecule has 0 fully saturated rings. The summed E-state index contributed by atoms with van der Waals surface area (Å²) in [7, 11) is -3.79. The zero-order valence-corrected chi connectivity index (χ0v) is 9.98. The van der Waals surface area contributed by atoms with Crippen LogP contribution in [0.2, 0.25) is 0 Å². The molecule has 0 radical (unpaired) electrons. The average molecular weight is 249 g/mol. The van der Waals surface area contributed by atoms with E-state index in [1.54, 1.807) is 11.3 Å². The van der Waals surface area contributed by atoms with Crippen molar-refractivity contribution in [2.45, 2.75) is 12.8 Å². The molecule has 0 saturated carbocycles. The lowest BCUT2D eigenvalue weighted by Gasteiger charge is -2.02. The molecular weight excluding hydrogens is 234 g/mol. The van der Waals surface area contributed by atoms with Crippen molar-refractivity contribution in [2.24, 2.45) is 0 Å². The summed E-state index contributed by atoms with van der Waals surface area (Å²) in [5, 5.41) is 7.26. The highest BCUT2D eigenvalue weighted by molar-refractivity contribution is 7.85. The Kier molecular flexibility index (Phi) is 5.24. The summed E-state index contributed by atoms with van der Waals surface area (Å²) in [6.45, 7) is 1.45. The Morgan fingerprint density at radius 3 is 2.80 bits per heavy atom. The van der Waals surface area contributed by atoms with Gasteiger partial charge in [-0.15, -0.1) is 0 Å². The third-order valence-electron chi connectivity index (χ3n) is 1.93. The third-order valence-corrected chi connectivity index (χ3v) is 3.46. The second kappa shape index (κ2) is 6.22. The Balaban J connectivity index is 1.99. The van der Waals surface area contributed by atoms with Crippen LogP contribution in [0.3, 0.4) is 0 Å². The topological polar surface area (TPSA) is 66.4 Å². The number of rotatable bonds is 7. The molecule has 2 N–H and O–H groups in total. The Morgan fingerprint density at radius 1 is 1.40 bits per heavy atom. The first-order valence-electron chi connectivity index (χ1n) is 4.75. The summed E-state index contributed by atoms with van der Waals surface area (Å²) >= 11 is 1.67. The standard InChI is InChI=1S/C9H15NO3S2/c11-15(12,13)7-1-4-10-5-2-9-3-6-14-8-9/h3,6,8,10H,1-2,4-5,7H2,(H,11,12,13). The van der Waals surface area contributed by atoms with Crippen LogP contribution < -0.4 is 5.32 Å². The molecule has 0 aromatic carbocycles. The second-order valence-corrected chi connectivity index (χ2v) is 5.62. The summed E-state index contributed by atoms with van der Waals surface area (Å²) in [6.07, 6.45) is 1.40. The van der Waals surface area contributed by atoms with Gasteiger partial charge in [-0.05, 0) is 48.3 Å². The predicted molar refractivity (Wildman–Crippen MR) is 61.9 cm³/mol. The van der Waals surface area contributed by atoms with E-state index in [2.05, 4.69) is 16.8 Å². The van der Waals surface area contributed by atoms with Crippen LogP contribution >= 0.6 is 11.3 Å². The molecular formula is C9H15NO3S2. The van der Waals surface area contributed by atoms with E-state index < -0.39 is 10.1 Å². The van der Waals surface area contributed by atoms with Crippen LogP contribution in [0.25, 0.3) is 0 Å². The Labute approximate surface area is 94.1 Å². The van der Waals surface area contributed by atoms with Gasteiger partial charge in [0.2, 0.25) is 0 Å². The van der Waals surface area contributed by atoms with Crippen molar-refractivity contribution in [3.63, 3.8) is 0 Å². The van der Waals surface area contributed by atoms with Gasteiger partial charge < -0.3 is 5.32 Å². The van der Waals surface area contributed by atoms with Crippen molar-refractivity contribution in [3.05, 3.63) is 22.4 Å². The minimum Gasteiger partial charge on any atom is -0.316 e. The molecule has 1 rings (SSSR count). The highest BCUT2D eigenvalue weighted by Crippen LogP contribution is 2.05. The molecule has 0 saturated heterocycles. The monoisotopic (exact) mass is 249 g/mol. The minimum absolute atomic E-state index is 0.168. The first kappa shape index (κ1) is 12.6. The summed E-state index contributed by atoms with van der Waals surface area (Å²) in [4.78, 5) is 0. The van der Waals surface area contributed by atoms with Crippen LogP contribution in [-0.2, 0) is 16.5 Å². The molecule has 6 heteroatoms. The van der Waals surface area contributed by atoms with E-state index in [0.717, 1.165) is 13.0 Å². The van der Waals surface area contributed by atoms with Gasteiger partial charge in [0.15, 0.2) is 0 Å². The van der Waals surface area contributed by atoms with Crippen molar-refractivity contribution in [1.29, 1.82) is 0 Å². The van der Waals surface area contributed by atoms with Gasteiger partial charge in [0.05, 0.1) is 5.75 Å². The van der Waals surface area contributed by atoms with Gasteiger partial charge in [-0.3, -0.25) is 4.55 Å². The molecule has 1 aromatic rings. The fraction of sp³-hybridized carbons (Fsp3) is 0.556. The maximum atomic E-state index is 10.4. The van der Waals surface area contributed by atoms with Gasteiger partial charge >= 0.3 is 0 Å². The van der Waals surface area contributed by atoms with Crippen LogP contribution in [-0.4, -0.2) is 31.8 Å². The lowest BCUT2D eigenvalue weighted by molar-refractivity contribution is 0.479. The Bertz CT molecular complexity index is 359. The molecule has 15 heavy (non-hydrogen) atoms. The maximum Gasteiger partial charge on any atom is 0.264 e. The molecule has 86 valence electrons. The highest BCUT2D eigenvalue weighted by Gasteiger charge is 2.02. The lowest BCUT2D eigenvalue weighted by Crippen LogP contribution is -2.20. The number of hydrogen-bond donors (Lipinski definition) is 2. The van der Waals surface area contributed by atoms with Crippen LogP contribution in [0.5, 0.6) is 0 Å². The molecule has 1 aromatic heterocycles. The molecule has 0 aliphatic rings.